The first-order valence-corrected chi connectivity index (χ1v) is 9.57. The Bertz CT molecular complexity index is 545. The van der Waals surface area contributed by atoms with E-state index < -0.39 is 9.04 Å². The first kappa shape index (κ1) is 17.2. The molecule has 0 unspecified atom stereocenters. The number of aryl methyl sites for hydroxylation is 1. The fraction of sp³-hybridized carbons (Fsp3) is 0.333. The normalized spacial score (nSPS) is 11.3. The third kappa shape index (κ3) is 5.93. The number of hydrogen-bond acceptors (Lipinski definition) is 2. The number of likely N-dealkylation sites (N-methyl/N-ethyl adjacent to an activating group) is 1. The zero-order chi connectivity index (χ0) is 15.8. The molecule has 2 aromatic rings. The van der Waals surface area contributed by atoms with E-state index in [4.69, 9.17) is 16.0 Å². The molecule has 0 fully saturated rings. The minimum absolute atomic E-state index is 0.789. The molecule has 0 spiro atoms. The Balaban J connectivity index is 1.96. The quantitative estimate of drug-likeness (QED) is 0.687. The van der Waals surface area contributed by atoms with Crippen LogP contribution in [0.25, 0.3) is 0 Å². The van der Waals surface area contributed by atoms with Crippen molar-refractivity contribution >= 4 is 25.8 Å². The van der Waals surface area contributed by atoms with Crippen LogP contribution in [0.5, 0.6) is 0 Å². The van der Waals surface area contributed by atoms with E-state index in [1.165, 1.54) is 10.8 Å². The summed E-state index contributed by atoms with van der Waals surface area (Å²) in [7, 11) is 3.17. The molecular weight excluding hydrogens is 310 g/mol. The number of hydrogen-bond donors (Lipinski definition) is 0. The molecule has 0 N–H and O–H groups in total. The molecule has 0 saturated heterocycles. The summed E-state index contributed by atoms with van der Waals surface area (Å²) >= 11 is 5.95. The van der Waals surface area contributed by atoms with Crippen molar-refractivity contribution in [2.75, 3.05) is 27.2 Å². The Morgan fingerprint density at radius 1 is 1.00 bits per heavy atom. The van der Waals surface area contributed by atoms with Crippen molar-refractivity contribution in [1.82, 2.24) is 4.90 Å². The minimum Gasteiger partial charge on any atom is -0.410 e. The van der Waals surface area contributed by atoms with Crippen LogP contribution < -0.4 is 5.19 Å². The van der Waals surface area contributed by atoms with Gasteiger partial charge in [0.25, 0.3) is 0 Å². The van der Waals surface area contributed by atoms with E-state index in [-0.39, 0.29) is 0 Å². The van der Waals surface area contributed by atoms with E-state index in [0.29, 0.717) is 0 Å². The summed E-state index contributed by atoms with van der Waals surface area (Å²) in [5.41, 5.74) is 1.32. The van der Waals surface area contributed by atoms with Gasteiger partial charge in [-0.05, 0) is 49.4 Å². The van der Waals surface area contributed by atoms with Gasteiger partial charge in [-0.2, -0.15) is 0 Å². The van der Waals surface area contributed by atoms with Crippen LogP contribution in [0, 0.1) is 0 Å². The standard InChI is InChI=1S/C18H23ClNOSi/c1-20(2)13-14-21-22(18-6-4-3-5-7-18)15-12-16-8-10-17(19)11-9-16/h3-11H,12-15H2,1-2H3. The number of halogens is 1. The molecule has 0 amide bonds. The molecular formula is C18H23ClNOSi. The van der Waals surface area contributed by atoms with Gasteiger partial charge in [0.1, 0.15) is 0 Å². The lowest BCUT2D eigenvalue weighted by Gasteiger charge is -2.18. The predicted octanol–water partition coefficient (Wildman–Crippen LogP) is 3.36. The van der Waals surface area contributed by atoms with Crippen molar-refractivity contribution < 1.29 is 4.43 Å². The highest BCUT2D eigenvalue weighted by molar-refractivity contribution is 6.67. The lowest BCUT2D eigenvalue weighted by atomic mass is 10.2. The fourth-order valence-corrected chi connectivity index (χ4v) is 4.33. The summed E-state index contributed by atoms with van der Waals surface area (Å²) in [5, 5.41) is 2.14. The second-order valence-electron chi connectivity index (χ2n) is 5.57. The molecule has 0 saturated carbocycles. The average Bonchev–Trinajstić information content (AvgIpc) is 2.53. The molecule has 0 bridgehead atoms. The van der Waals surface area contributed by atoms with Crippen LogP contribution in [-0.2, 0) is 10.8 Å². The second kappa shape index (κ2) is 9.11. The Morgan fingerprint density at radius 3 is 2.32 bits per heavy atom. The highest BCUT2D eigenvalue weighted by atomic mass is 35.5. The summed E-state index contributed by atoms with van der Waals surface area (Å²) < 4.78 is 6.22. The van der Waals surface area contributed by atoms with Crippen molar-refractivity contribution in [3.05, 3.63) is 65.2 Å². The maximum atomic E-state index is 6.22. The molecule has 0 aliphatic heterocycles. The molecule has 0 aliphatic carbocycles. The van der Waals surface area contributed by atoms with Crippen molar-refractivity contribution in [1.29, 1.82) is 0 Å². The van der Waals surface area contributed by atoms with E-state index in [1.807, 2.05) is 12.1 Å². The van der Waals surface area contributed by atoms with E-state index >= 15 is 0 Å². The van der Waals surface area contributed by atoms with Gasteiger partial charge in [-0.1, -0.05) is 54.1 Å². The minimum atomic E-state index is -0.985. The summed E-state index contributed by atoms with van der Waals surface area (Å²) in [6, 6.07) is 19.8. The summed E-state index contributed by atoms with van der Waals surface area (Å²) in [4.78, 5) is 2.16. The van der Waals surface area contributed by atoms with Crippen molar-refractivity contribution in [2.45, 2.75) is 12.5 Å². The van der Waals surface area contributed by atoms with Crippen LogP contribution in [0.1, 0.15) is 5.56 Å². The molecule has 2 nitrogen and oxygen atoms in total. The second-order valence-corrected chi connectivity index (χ2v) is 8.22. The summed E-state index contributed by atoms with van der Waals surface area (Å²) in [6.07, 6.45) is 1.03. The Morgan fingerprint density at radius 2 is 1.68 bits per heavy atom. The lowest BCUT2D eigenvalue weighted by molar-refractivity contribution is 0.265. The molecule has 0 aromatic heterocycles. The van der Waals surface area contributed by atoms with Gasteiger partial charge in [-0.15, -0.1) is 0 Å². The Kier molecular flexibility index (Phi) is 7.13. The van der Waals surface area contributed by atoms with Gasteiger partial charge >= 0.3 is 0 Å². The largest absolute Gasteiger partial charge is 0.410 e. The van der Waals surface area contributed by atoms with Gasteiger partial charge in [0.15, 0.2) is 0 Å². The average molecular weight is 333 g/mol. The van der Waals surface area contributed by atoms with E-state index in [0.717, 1.165) is 30.6 Å². The molecule has 0 aliphatic rings. The van der Waals surface area contributed by atoms with Gasteiger partial charge in [0.05, 0.1) is 0 Å². The van der Waals surface area contributed by atoms with E-state index in [1.54, 1.807) is 0 Å². The number of nitrogens with zero attached hydrogens (tertiary/aromatic N) is 1. The van der Waals surface area contributed by atoms with E-state index in [9.17, 15) is 0 Å². The lowest BCUT2D eigenvalue weighted by Crippen LogP contribution is -2.36. The molecule has 22 heavy (non-hydrogen) atoms. The van der Waals surface area contributed by atoms with Crippen LogP contribution >= 0.6 is 11.6 Å². The topological polar surface area (TPSA) is 12.5 Å². The fourth-order valence-electron chi connectivity index (χ4n) is 2.18. The van der Waals surface area contributed by atoms with E-state index in [2.05, 4.69) is 61.5 Å². The Hall–Kier alpha value is -1.13. The highest BCUT2D eigenvalue weighted by Gasteiger charge is 2.16. The van der Waals surface area contributed by atoms with Crippen molar-refractivity contribution in [3.63, 3.8) is 0 Å². The van der Waals surface area contributed by atoms with Crippen LogP contribution in [-0.4, -0.2) is 41.2 Å². The van der Waals surface area contributed by atoms with Crippen LogP contribution in [0.2, 0.25) is 11.1 Å². The Labute approximate surface area is 140 Å². The van der Waals surface area contributed by atoms with Crippen LogP contribution in [0.3, 0.4) is 0 Å². The molecule has 4 heteroatoms. The first-order chi connectivity index (χ1) is 10.6. The van der Waals surface area contributed by atoms with Gasteiger partial charge in [-0.25, -0.2) is 0 Å². The third-order valence-electron chi connectivity index (χ3n) is 3.46. The zero-order valence-corrected chi connectivity index (χ0v) is 15.0. The maximum absolute atomic E-state index is 6.22. The number of rotatable bonds is 8. The van der Waals surface area contributed by atoms with Gasteiger partial charge in [-0.3, -0.25) is 0 Å². The SMILES string of the molecule is CN(C)CCO[Si](CCc1ccc(Cl)cc1)c1ccccc1. The third-order valence-corrected chi connectivity index (χ3v) is 5.95. The molecule has 0 atom stereocenters. The van der Waals surface area contributed by atoms with Gasteiger partial charge < -0.3 is 9.33 Å². The molecule has 0 heterocycles. The molecule has 1 radical (unpaired) electrons. The monoisotopic (exact) mass is 332 g/mol. The maximum Gasteiger partial charge on any atom is 0.247 e. The number of benzene rings is 2. The zero-order valence-electron chi connectivity index (χ0n) is 13.3. The molecule has 2 aromatic carbocycles. The smallest absolute Gasteiger partial charge is 0.247 e. The highest BCUT2D eigenvalue weighted by Crippen LogP contribution is 2.12. The molecule has 2 rings (SSSR count). The summed E-state index contributed by atoms with van der Waals surface area (Å²) in [6.45, 7) is 1.75. The van der Waals surface area contributed by atoms with Crippen molar-refractivity contribution in [2.24, 2.45) is 0 Å². The van der Waals surface area contributed by atoms with Crippen LogP contribution in [0.15, 0.2) is 54.6 Å². The predicted molar refractivity (Wildman–Crippen MR) is 96.3 cm³/mol. The van der Waals surface area contributed by atoms with Gasteiger partial charge in [0.2, 0.25) is 9.04 Å². The van der Waals surface area contributed by atoms with Crippen LogP contribution in [0.4, 0.5) is 0 Å². The van der Waals surface area contributed by atoms with Crippen molar-refractivity contribution in [3.8, 4) is 0 Å². The van der Waals surface area contributed by atoms with Gasteiger partial charge in [0, 0.05) is 18.2 Å². The first-order valence-electron chi connectivity index (χ1n) is 7.58. The molecule has 117 valence electrons. The summed E-state index contributed by atoms with van der Waals surface area (Å²) in [5.74, 6) is 0.